The van der Waals surface area contributed by atoms with Crippen molar-refractivity contribution in [3.8, 4) is 0 Å². The Bertz CT molecular complexity index is 417. The number of allylic oxidation sites excluding steroid dienone is 2. The van der Waals surface area contributed by atoms with Crippen molar-refractivity contribution in [2.24, 2.45) is 0 Å². The second-order valence-electron chi connectivity index (χ2n) is 3.36. The van der Waals surface area contributed by atoms with E-state index in [9.17, 15) is 4.79 Å². The summed E-state index contributed by atoms with van der Waals surface area (Å²) in [6.07, 6.45) is 1.98. The van der Waals surface area contributed by atoms with Gasteiger partial charge in [-0.25, -0.2) is 4.98 Å². The van der Waals surface area contributed by atoms with E-state index in [1.807, 2.05) is 19.9 Å². The second kappa shape index (κ2) is 4.42. The van der Waals surface area contributed by atoms with Gasteiger partial charge < -0.3 is 0 Å². The van der Waals surface area contributed by atoms with Gasteiger partial charge in [0.25, 0.3) is 5.56 Å². The van der Waals surface area contributed by atoms with Gasteiger partial charge in [-0.3, -0.25) is 9.36 Å². The Balaban J connectivity index is 3.09. The first-order chi connectivity index (χ1) is 6.50. The molecule has 4 heteroatoms. The molecule has 0 N–H and O–H groups in total. The second-order valence-corrected chi connectivity index (χ2v) is 3.74. The number of nitrogens with zero attached hydrogens (tertiary/aromatic N) is 2. The Labute approximate surface area is 88.0 Å². The highest BCUT2D eigenvalue weighted by atomic mass is 35.5. The Morgan fingerprint density at radius 3 is 2.79 bits per heavy atom. The molecular weight excluding hydrogens is 200 g/mol. The zero-order valence-corrected chi connectivity index (χ0v) is 9.30. The zero-order valence-electron chi connectivity index (χ0n) is 8.54. The molecule has 0 spiro atoms. The van der Waals surface area contributed by atoms with Gasteiger partial charge in [-0.05, 0) is 20.8 Å². The minimum Gasteiger partial charge on any atom is -0.293 e. The summed E-state index contributed by atoms with van der Waals surface area (Å²) in [6, 6.07) is 1.33. The van der Waals surface area contributed by atoms with E-state index in [0.717, 1.165) is 0 Å². The van der Waals surface area contributed by atoms with E-state index in [1.165, 1.54) is 11.6 Å². The van der Waals surface area contributed by atoms with Crippen LogP contribution in [-0.2, 0) is 6.54 Å². The molecule has 0 saturated heterocycles. The van der Waals surface area contributed by atoms with Crippen LogP contribution in [0.3, 0.4) is 0 Å². The number of halogens is 1. The Kier molecular flexibility index (Phi) is 3.47. The maximum absolute atomic E-state index is 11.5. The van der Waals surface area contributed by atoms with Crippen molar-refractivity contribution in [2.75, 3.05) is 0 Å². The lowest BCUT2D eigenvalue weighted by atomic mass is 10.3. The fraction of sp³-hybridized carbons (Fsp3) is 0.400. The predicted molar refractivity (Wildman–Crippen MR) is 57.7 cm³/mol. The predicted octanol–water partition coefficient (Wildman–Crippen LogP) is 2.17. The van der Waals surface area contributed by atoms with E-state index in [4.69, 9.17) is 11.6 Å². The maximum Gasteiger partial charge on any atom is 0.255 e. The van der Waals surface area contributed by atoms with Crippen molar-refractivity contribution < 1.29 is 0 Å². The van der Waals surface area contributed by atoms with Crippen molar-refractivity contribution in [2.45, 2.75) is 27.3 Å². The molecule has 0 fully saturated rings. The monoisotopic (exact) mass is 212 g/mol. The zero-order chi connectivity index (χ0) is 10.7. The molecule has 14 heavy (non-hydrogen) atoms. The standard InChI is InChI=1S/C10H13ClN2O/c1-7(2)4-5-13-8(3)12-9(11)6-10(13)14/h4,6H,5H2,1-3H3. The molecule has 0 unspecified atom stereocenters. The minimum absolute atomic E-state index is 0.111. The van der Waals surface area contributed by atoms with Crippen LogP contribution in [0.1, 0.15) is 19.7 Å². The van der Waals surface area contributed by atoms with Crippen molar-refractivity contribution in [3.63, 3.8) is 0 Å². The molecule has 76 valence electrons. The van der Waals surface area contributed by atoms with Crippen LogP contribution in [0.4, 0.5) is 0 Å². The van der Waals surface area contributed by atoms with Crippen LogP contribution >= 0.6 is 11.6 Å². The summed E-state index contributed by atoms with van der Waals surface area (Å²) in [5.74, 6) is 0.639. The highest BCUT2D eigenvalue weighted by molar-refractivity contribution is 6.29. The van der Waals surface area contributed by atoms with E-state index < -0.39 is 0 Å². The van der Waals surface area contributed by atoms with Crippen molar-refractivity contribution >= 4 is 11.6 Å². The van der Waals surface area contributed by atoms with Crippen molar-refractivity contribution in [3.05, 3.63) is 39.0 Å². The SMILES string of the molecule is CC(C)=CCn1c(C)nc(Cl)cc1=O. The number of hydrogen-bond donors (Lipinski definition) is 0. The van der Waals surface area contributed by atoms with Gasteiger partial charge in [-0.2, -0.15) is 0 Å². The lowest BCUT2D eigenvalue weighted by molar-refractivity contribution is 0.712. The minimum atomic E-state index is -0.111. The van der Waals surface area contributed by atoms with Crippen LogP contribution in [-0.4, -0.2) is 9.55 Å². The molecule has 0 aromatic carbocycles. The van der Waals surface area contributed by atoms with Gasteiger partial charge in [0.15, 0.2) is 0 Å². The summed E-state index contributed by atoms with van der Waals surface area (Å²) in [5.41, 5.74) is 1.06. The van der Waals surface area contributed by atoms with Gasteiger partial charge in [0.2, 0.25) is 0 Å². The first-order valence-electron chi connectivity index (χ1n) is 4.38. The number of hydrogen-bond acceptors (Lipinski definition) is 2. The normalized spacial score (nSPS) is 10.0. The van der Waals surface area contributed by atoms with Gasteiger partial charge in [-0.15, -0.1) is 0 Å². The molecule has 0 aliphatic carbocycles. The molecule has 0 saturated carbocycles. The summed E-state index contributed by atoms with van der Waals surface area (Å²) in [4.78, 5) is 15.5. The van der Waals surface area contributed by atoms with Crippen LogP contribution < -0.4 is 5.56 Å². The van der Waals surface area contributed by atoms with Gasteiger partial charge in [0.05, 0.1) is 0 Å². The Morgan fingerprint density at radius 2 is 2.29 bits per heavy atom. The number of aryl methyl sites for hydroxylation is 1. The van der Waals surface area contributed by atoms with Crippen LogP contribution in [0.5, 0.6) is 0 Å². The van der Waals surface area contributed by atoms with Gasteiger partial charge in [0, 0.05) is 12.6 Å². The van der Waals surface area contributed by atoms with Crippen LogP contribution in [0.2, 0.25) is 5.15 Å². The molecule has 0 bridgehead atoms. The molecule has 1 heterocycles. The Hall–Kier alpha value is -1.09. The largest absolute Gasteiger partial charge is 0.293 e. The molecule has 0 aliphatic heterocycles. The van der Waals surface area contributed by atoms with Crippen molar-refractivity contribution in [1.82, 2.24) is 9.55 Å². The van der Waals surface area contributed by atoms with Crippen LogP contribution in [0.25, 0.3) is 0 Å². The summed E-state index contributed by atoms with van der Waals surface area (Å²) in [6.45, 7) is 6.30. The van der Waals surface area contributed by atoms with E-state index in [2.05, 4.69) is 4.98 Å². The lowest BCUT2D eigenvalue weighted by Gasteiger charge is -2.06. The number of rotatable bonds is 2. The summed E-state index contributed by atoms with van der Waals surface area (Å²) >= 11 is 5.65. The molecular formula is C10H13ClN2O. The molecule has 3 nitrogen and oxygen atoms in total. The van der Waals surface area contributed by atoms with Gasteiger partial charge in [-0.1, -0.05) is 23.3 Å². The summed E-state index contributed by atoms with van der Waals surface area (Å²) in [5, 5.41) is 0.251. The molecule has 0 aliphatic rings. The fourth-order valence-corrected chi connectivity index (χ4v) is 1.30. The molecule has 1 aromatic heterocycles. The topological polar surface area (TPSA) is 34.9 Å². The smallest absolute Gasteiger partial charge is 0.255 e. The molecule has 0 atom stereocenters. The third-order valence-corrected chi connectivity index (χ3v) is 2.04. The highest BCUT2D eigenvalue weighted by Crippen LogP contribution is 2.01. The van der Waals surface area contributed by atoms with Crippen LogP contribution in [0.15, 0.2) is 22.5 Å². The molecule has 1 aromatic rings. The van der Waals surface area contributed by atoms with Gasteiger partial charge >= 0.3 is 0 Å². The van der Waals surface area contributed by atoms with E-state index >= 15 is 0 Å². The average Bonchev–Trinajstić information content (AvgIpc) is 2.01. The fourth-order valence-electron chi connectivity index (χ4n) is 1.08. The Morgan fingerprint density at radius 1 is 1.64 bits per heavy atom. The third-order valence-electron chi connectivity index (χ3n) is 1.85. The van der Waals surface area contributed by atoms with Gasteiger partial charge in [0.1, 0.15) is 11.0 Å². The maximum atomic E-state index is 11.5. The first kappa shape index (κ1) is 11.0. The first-order valence-corrected chi connectivity index (χ1v) is 4.76. The third kappa shape index (κ3) is 2.70. The van der Waals surface area contributed by atoms with E-state index in [1.54, 1.807) is 11.5 Å². The van der Waals surface area contributed by atoms with E-state index in [-0.39, 0.29) is 10.7 Å². The molecule has 0 radical (unpaired) electrons. The summed E-state index contributed by atoms with van der Waals surface area (Å²) < 4.78 is 1.58. The lowest BCUT2D eigenvalue weighted by Crippen LogP contribution is -2.22. The average molecular weight is 213 g/mol. The van der Waals surface area contributed by atoms with E-state index in [0.29, 0.717) is 12.4 Å². The molecule has 0 amide bonds. The quantitative estimate of drug-likeness (QED) is 0.556. The highest BCUT2D eigenvalue weighted by Gasteiger charge is 2.01. The molecule has 1 rings (SSSR count). The van der Waals surface area contributed by atoms with Crippen LogP contribution in [0, 0.1) is 6.92 Å². The number of aromatic nitrogens is 2. The van der Waals surface area contributed by atoms with Crippen molar-refractivity contribution in [1.29, 1.82) is 0 Å². The summed E-state index contributed by atoms with van der Waals surface area (Å²) in [7, 11) is 0.